The van der Waals surface area contributed by atoms with Crippen LogP contribution in [0.4, 0.5) is 11.6 Å². The van der Waals surface area contributed by atoms with Gasteiger partial charge in [0.05, 0.1) is 0 Å². The van der Waals surface area contributed by atoms with Gasteiger partial charge in [-0.1, -0.05) is 35.4 Å². The van der Waals surface area contributed by atoms with Gasteiger partial charge in [0, 0.05) is 11.4 Å². The molecule has 2 aromatic carbocycles. The van der Waals surface area contributed by atoms with Gasteiger partial charge < -0.3 is 0 Å². The van der Waals surface area contributed by atoms with Gasteiger partial charge in [0.1, 0.15) is 0 Å². The van der Waals surface area contributed by atoms with Crippen molar-refractivity contribution >= 4 is 11.6 Å². The maximum atomic E-state index is 8.52. The molecule has 0 atom stereocenters. The van der Waals surface area contributed by atoms with Crippen LogP contribution in [0.1, 0.15) is 11.1 Å². The summed E-state index contributed by atoms with van der Waals surface area (Å²) in [6.45, 7) is 4.02. The fourth-order valence-electron chi connectivity index (χ4n) is 2.86. The van der Waals surface area contributed by atoms with Gasteiger partial charge in [-0.15, -0.1) is 0 Å². The van der Waals surface area contributed by atoms with Gasteiger partial charge in [-0.05, 0) is 38.1 Å². The first-order valence-electron chi connectivity index (χ1n) is 7.89. The summed E-state index contributed by atoms with van der Waals surface area (Å²) in [5.41, 5.74) is 9.55. The highest BCUT2D eigenvalue weighted by Gasteiger charge is 2.23. The largest absolute Gasteiger partial charge is 0.281 e. The van der Waals surface area contributed by atoms with E-state index < -0.39 is 0 Å². The number of fused-ring (bicyclic) bond motifs is 1. The molecule has 0 radical (unpaired) electrons. The van der Waals surface area contributed by atoms with E-state index in [1.165, 1.54) is 0 Å². The number of benzene rings is 2. The number of aryl methyl sites for hydroxylation is 2. The van der Waals surface area contributed by atoms with Crippen molar-refractivity contribution in [1.82, 2.24) is 9.13 Å². The molecule has 2 heterocycles. The van der Waals surface area contributed by atoms with E-state index in [1.807, 2.05) is 62.4 Å². The number of nitrogens with zero attached hydrogens (tertiary/aromatic N) is 2. The van der Waals surface area contributed by atoms with Crippen LogP contribution >= 0.6 is 0 Å². The normalized spacial score (nSPS) is 12.4. The predicted octanol–water partition coefficient (Wildman–Crippen LogP) is 2.53. The Balaban J connectivity index is 2.02. The molecule has 0 fully saturated rings. The first kappa shape index (κ1) is 15.2. The van der Waals surface area contributed by atoms with Crippen LogP contribution in [0.5, 0.6) is 0 Å². The molecule has 1 aliphatic heterocycles. The zero-order valence-electron chi connectivity index (χ0n) is 13.9. The van der Waals surface area contributed by atoms with E-state index in [0.717, 1.165) is 22.5 Å². The third kappa shape index (κ3) is 2.41. The number of aromatic nitrogens is 2. The highest BCUT2D eigenvalue weighted by Crippen LogP contribution is 2.28. The highest BCUT2D eigenvalue weighted by atomic mass is 16.8. The minimum Gasteiger partial charge on any atom is -0.281 e. The van der Waals surface area contributed by atoms with Crippen LogP contribution in [0, 0.1) is 24.7 Å². The molecule has 0 saturated heterocycles. The highest BCUT2D eigenvalue weighted by molar-refractivity contribution is 5.67. The monoisotopic (exact) mass is 334 g/mol. The average molecular weight is 334 g/mol. The minimum absolute atomic E-state index is 0.0583. The second kappa shape index (κ2) is 5.64. The van der Waals surface area contributed by atoms with Crippen molar-refractivity contribution in [3.05, 3.63) is 70.6 Å². The molecule has 0 saturated carbocycles. The fourth-order valence-corrected chi connectivity index (χ4v) is 2.86. The smallest absolute Gasteiger partial charge is 0.182 e. The maximum absolute atomic E-state index is 8.52. The molecule has 7 nitrogen and oxygen atoms in total. The van der Waals surface area contributed by atoms with Gasteiger partial charge in [-0.3, -0.25) is 20.0 Å². The standard InChI is InChI=1S/C18H18N6O/c1-11-3-7-13(8-4-11)23-15(19)16(20)24(18-17(23)21-25-22-18)14-9-5-12(2)6-10-14/h3-10,19-22H,1-2H3. The molecule has 4 N–H and O–H groups in total. The van der Waals surface area contributed by atoms with Crippen LogP contribution in [0.15, 0.2) is 48.5 Å². The summed E-state index contributed by atoms with van der Waals surface area (Å²) in [4.78, 5) is 5.19. The number of hydrogen-bond acceptors (Lipinski definition) is 5. The summed E-state index contributed by atoms with van der Waals surface area (Å²) in [6, 6.07) is 15.6. The van der Waals surface area contributed by atoms with E-state index >= 15 is 0 Å². The van der Waals surface area contributed by atoms with E-state index in [-0.39, 0.29) is 11.0 Å². The van der Waals surface area contributed by atoms with Gasteiger partial charge in [0.25, 0.3) is 0 Å². The molecule has 0 bridgehead atoms. The molecule has 25 heavy (non-hydrogen) atoms. The molecule has 3 aromatic rings. The summed E-state index contributed by atoms with van der Waals surface area (Å²) < 4.78 is 3.31. The van der Waals surface area contributed by atoms with Gasteiger partial charge in [-0.25, -0.2) is 11.0 Å². The third-order valence-corrected chi connectivity index (χ3v) is 4.22. The molecular weight excluding hydrogens is 316 g/mol. The Kier molecular flexibility index (Phi) is 3.43. The number of nitrogens with one attached hydrogen (secondary N) is 4. The molecule has 1 aliphatic rings. The lowest BCUT2D eigenvalue weighted by Gasteiger charge is -2.17. The summed E-state index contributed by atoms with van der Waals surface area (Å²) in [5.74, 6) is 1.15. The van der Waals surface area contributed by atoms with Crippen LogP contribution < -0.4 is 21.9 Å². The molecule has 0 spiro atoms. The van der Waals surface area contributed by atoms with E-state index in [4.69, 9.17) is 15.8 Å². The lowest BCUT2D eigenvalue weighted by atomic mass is 10.2. The Hall–Kier alpha value is -3.32. The van der Waals surface area contributed by atoms with Crippen LogP contribution in [0.2, 0.25) is 0 Å². The minimum atomic E-state index is 0.0583. The van der Waals surface area contributed by atoms with Crippen LogP contribution in [0.3, 0.4) is 0 Å². The summed E-state index contributed by atoms with van der Waals surface area (Å²) >= 11 is 0. The third-order valence-electron chi connectivity index (χ3n) is 4.22. The van der Waals surface area contributed by atoms with Crippen LogP contribution in [-0.4, -0.2) is 9.13 Å². The van der Waals surface area contributed by atoms with Crippen LogP contribution in [0.25, 0.3) is 11.4 Å². The Bertz CT molecular complexity index is 974. The molecule has 0 unspecified atom stereocenters. The first-order chi connectivity index (χ1) is 12.1. The molecule has 7 heteroatoms. The van der Waals surface area contributed by atoms with E-state index in [1.54, 1.807) is 9.13 Å². The van der Waals surface area contributed by atoms with Gasteiger partial charge in [-0.2, -0.15) is 4.94 Å². The molecule has 0 amide bonds. The van der Waals surface area contributed by atoms with Gasteiger partial charge in [0.2, 0.25) is 0 Å². The van der Waals surface area contributed by atoms with Crippen LogP contribution in [-0.2, 0) is 4.94 Å². The summed E-state index contributed by atoms with van der Waals surface area (Å²) in [7, 11) is 0. The molecule has 4 rings (SSSR count). The Labute approximate surface area is 144 Å². The predicted molar refractivity (Wildman–Crippen MR) is 94.6 cm³/mol. The summed E-state index contributed by atoms with van der Waals surface area (Å²) in [6.07, 6.45) is 0. The van der Waals surface area contributed by atoms with E-state index in [2.05, 4.69) is 11.0 Å². The van der Waals surface area contributed by atoms with Crippen molar-refractivity contribution in [3.8, 4) is 11.4 Å². The molecule has 0 aliphatic carbocycles. The molecular formula is C18H18N6O. The van der Waals surface area contributed by atoms with Crippen molar-refractivity contribution in [2.24, 2.45) is 0 Å². The Morgan fingerprint density at radius 3 is 1.40 bits per heavy atom. The number of hydrogen-bond donors (Lipinski definition) is 4. The lowest BCUT2D eigenvalue weighted by Crippen LogP contribution is -2.41. The van der Waals surface area contributed by atoms with Crippen molar-refractivity contribution in [3.63, 3.8) is 0 Å². The quantitative estimate of drug-likeness (QED) is 0.580. The van der Waals surface area contributed by atoms with E-state index in [9.17, 15) is 0 Å². The molecule has 1 aromatic heterocycles. The fraction of sp³-hybridized carbons (Fsp3) is 0.111. The Morgan fingerprint density at radius 1 is 0.680 bits per heavy atom. The van der Waals surface area contributed by atoms with Crippen molar-refractivity contribution < 1.29 is 4.94 Å². The van der Waals surface area contributed by atoms with E-state index in [0.29, 0.717) is 11.6 Å². The van der Waals surface area contributed by atoms with Crippen molar-refractivity contribution in [1.29, 1.82) is 10.8 Å². The average Bonchev–Trinajstić information content (AvgIpc) is 3.07. The maximum Gasteiger partial charge on any atom is 0.182 e. The number of rotatable bonds is 2. The second-order valence-corrected chi connectivity index (χ2v) is 6.04. The lowest BCUT2D eigenvalue weighted by molar-refractivity contribution is 0.279. The van der Waals surface area contributed by atoms with Crippen molar-refractivity contribution in [2.75, 3.05) is 11.0 Å². The topological polar surface area (TPSA) is 90.9 Å². The first-order valence-corrected chi connectivity index (χ1v) is 7.89. The zero-order valence-corrected chi connectivity index (χ0v) is 13.9. The Morgan fingerprint density at radius 2 is 1.04 bits per heavy atom. The summed E-state index contributed by atoms with van der Waals surface area (Å²) in [5, 5.41) is 17.0. The SMILES string of the molecule is Cc1ccc(-n2c3c(n(-c4ccc(C)cc4)c(=N)c2=N)NON3)cc1. The van der Waals surface area contributed by atoms with Crippen molar-refractivity contribution in [2.45, 2.75) is 13.8 Å². The second-order valence-electron chi connectivity index (χ2n) is 6.04. The van der Waals surface area contributed by atoms with Gasteiger partial charge in [0.15, 0.2) is 22.6 Å². The van der Waals surface area contributed by atoms with Gasteiger partial charge >= 0.3 is 0 Å². The molecule has 126 valence electrons. The zero-order chi connectivity index (χ0) is 17.6. The number of anilines is 2.